The minimum Gasteiger partial charge on any atom is -0.337 e. The van der Waals surface area contributed by atoms with E-state index in [1.807, 2.05) is 19.0 Å². The van der Waals surface area contributed by atoms with Crippen LogP contribution in [0.1, 0.15) is 24.2 Å². The zero-order valence-electron chi connectivity index (χ0n) is 12.8. The molecule has 0 atom stereocenters. The van der Waals surface area contributed by atoms with Crippen molar-refractivity contribution in [3.05, 3.63) is 23.9 Å². The molecule has 3 N–H and O–H groups in total. The molecule has 6 nitrogen and oxygen atoms in total. The van der Waals surface area contributed by atoms with Gasteiger partial charge in [-0.25, -0.2) is 10.8 Å². The average molecular weight is 279 g/mol. The second-order valence-corrected chi connectivity index (χ2v) is 5.52. The Morgan fingerprint density at radius 1 is 1.35 bits per heavy atom. The predicted molar refractivity (Wildman–Crippen MR) is 81.3 cm³/mol. The first-order chi connectivity index (χ1) is 9.43. The molecule has 0 bridgehead atoms. The van der Waals surface area contributed by atoms with E-state index < -0.39 is 0 Å². The molecular weight excluding hydrogens is 254 g/mol. The Labute approximate surface area is 120 Å². The maximum absolute atomic E-state index is 12.5. The number of nitrogens with two attached hydrogens (primary N) is 1. The number of nitrogens with zero attached hydrogens (tertiary/aromatic N) is 3. The van der Waals surface area contributed by atoms with Gasteiger partial charge in [-0.3, -0.25) is 4.79 Å². The molecule has 0 fully saturated rings. The van der Waals surface area contributed by atoms with Gasteiger partial charge in [0.15, 0.2) is 0 Å². The molecule has 0 aliphatic rings. The van der Waals surface area contributed by atoms with E-state index in [1.165, 1.54) is 0 Å². The normalized spacial score (nSPS) is 10.9. The smallest absolute Gasteiger partial charge is 0.255 e. The highest BCUT2D eigenvalue weighted by molar-refractivity contribution is 5.94. The van der Waals surface area contributed by atoms with Crippen molar-refractivity contribution in [1.82, 2.24) is 14.8 Å². The van der Waals surface area contributed by atoms with Gasteiger partial charge in [-0.2, -0.15) is 0 Å². The number of anilines is 1. The summed E-state index contributed by atoms with van der Waals surface area (Å²) in [6.45, 7) is 6.50. The van der Waals surface area contributed by atoms with Crippen molar-refractivity contribution >= 4 is 11.7 Å². The van der Waals surface area contributed by atoms with Crippen LogP contribution < -0.4 is 11.3 Å². The first-order valence-electron chi connectivity index (χ1n) is 6.80. The number of rotatable bonds is 7. The minimum atomic E-state index is 0.0108. The van der Waals surface area contributed by atoms with Crippen LogP contribution in [0.5, 0.6) is 0 Å². The third kappa shape index (κ3) is 5.14. The summed E-state index contributed by atoms with van der Waals surface area (Å²) in [7, 11) is 4.00. The Morgan fingerprint density at radius 2 is 2.05 bits per heavy atom. The fraction of sp³-hybridized carbons (Fsp3) is 0.571. The van der Waals surface area contributed by atoms with Gasteiger partial charge in [-0.05, 0) is 32.1 Å². The van der Waals surface area contributed by atoms with Crippen LogP contribution in [0.4, 0.5) is 5.82 Å². The zero-order valence-corrected chi connectivity index (χ0v) is 12.8. The minimum absolute atomic E-state index is 0.0108. The largest absolute Gasteiger partial charge is 0.337 e. The summed E-state index contributed by atoms with van der Waals surface area (Å²) >= 11 is 0. The monoisotopic (exact) mass is 279 g/mol. The highest BCUT2D eigenvalue weighted by Gasteiger charge is 2.17. The topological polar surface area (TPSA) is 74.5 Å². The Hall–Kier alpha value is -1.66. The van der Waals surface area contributed by atoms with Crippen molar-refractivity contribution in [2.45, 2.75) is 13.8 Å². The van der Waals surface area contributed by atoms with E-state index >= 15 is 0 Å². The highest BCUT2D eigenvalue weighted by Crippen LogP contribution is 2.09. The molecule has 112 valence electrons. The second-order valence-electron chi connectivity index (χ2n) is 5.52. The number of hydrazine groups is 1. The van der Waals surface area contributed by atoms with Crippen LogP contribution in [-0.2, 0) is 0 Å². The average Bonchev–Trinajstić information content (AvgIpc) is 2.42. The van der Waals surface area contributed by atoms with E-state index in [2.05, 4.69) is 29.2 Å². The van der Waals surface area contributed by atoms with Crippen molar-refractivity contribution in [2.75, 3.05) is 39.2 Å². The van der Waals surface area contributed by atoms with Gasteiger partial charge >= 0.3 is 0 Å². The Kier molecular flexibility index (Phi) is 6.41. The van der Waals surface area contributed by atoms with Crippen molar-refractivity contribution < 1.29 is 4.79 Å². The molecule has 0 aliphatic heterocycles. The summed E-state index contributed by atoms with van der Waals surface area (Å²) in [6, 6.07) is 3.44. The van der Waals surface area contributed by atoms with Crippen LogP contribution in [0.25, 0.3) is 0 Å². The van der Waals surface area contributed by atoms with Gasteiger partial charge in [0.1, 0.15) is 5.82 Å². The van der Waals surface area contributed by atoms with Crippen molar-refractivity contribution in [3.8, 4) is 0 Å². The molecule has 0 spiro atoms. The van der Waals surface area contributed by atoms with E-state index in [1.54, 1.807) is 18.3 Å². The third-order valence-electron chi connectivity index (χ3n) is 2.85. The number of likely N-dealkylation sites (N-methyl/N-ethyl adjacent to an activating group) is 1. The van der Waals surface area contributed by atoms with Crippen LogP contribution in [0.15, 0.2) is 18.3 Å². The number of hydrogen-bond donors (Lipinski definition) is 2. The fourth-order valence-electron chi connectivity index (χ4n) is 1.83. The van der Waals surface area contributed by atoms with Crippen molar-refractivity contribution in [3.63, 3.8) is 0 Å². The maximum atomic E-state index is 12.5. The van der Waals surface area contributed by atoms with Gasteiger partial charge in [-0.15, -0.1) is 0 Å². The number of nitrogens with one attached hydrogen (secondary N) is 1. The summed E-state index contributed by atoms with van der Waals surface area (Å²) in [5.74, 6) is 6.26. The molecule has 0 aliphatic carbocycles. The molecule has 20 heavy (non-hydrogen) atoms. The molecule has 0 unspecified atom stereocenters. The molecular formula is C14H25N5O. The number of aromatic nitrogens is 1. The standard InChI is InChI=1S/C14H25N5O/c1-11(2)10-19(8-7-18(3)4)14(20)12-5-6-13(17-15)16-9-12/h5-6,9,11H,7-8,10,15H2,1-4H3,(H,16,17). The Morgan fingerprint density at radius 3 is 2.50 bits per heavy atom. The zero-order chi connectivity index (χ0) is 15.1. The SMILES string of the molecule is CC(C)CN(CCN(C)C)C(=O)c1ccc(NN)nc1. The van der Waals surface area contributed by atoms with Crippen LogP contribution in [-0.4, -0.2) is 54.4 Å². The summed E-state index contributed by atoms with van der Waals surface area (Å²) in [6.07, 6.45) is 1.56. The fourth-order valence-corrected chi connectivity index (χ4v) is 1.83. The Balaban J connectivity index is 2.79. The van der Waals surface area contributed by atoms with E-state index in [9.17, 15) is 4.79 Å². The number of nitrogen functional groups attached to an aromatic ring is 1. The molecule has 1 rings (SSSR count). The molecule has 1 amide bonds. The number of carbonyl (C=O) groups is 1. The summed E-state index contributed by atoms with van der Waals surface area (Å²) in [5.41, 5.74) is 3.04. The Bertz CT molecular complexity index is 416. The molecule has 0 saturated carbocycles. The molecule has 1 aromatic heterocycles. The number of amides is 1. The van der Waals surface area contributed by atoms with Crippen LogP contribution in [0.2, 0.25) is 0 Å². The summed E-state index contributed by atoms with van der Waals surface area (Å²) in [5, 5.41) is 0. The molecule has 0 radical (unpaired) electrons. The lowest BCUT2D eigenvalue weighted by Crippen LogP contribution is -2.39. The van der Waals surface area contributed by atoms with Crippen LogP contribution in [0, 0.1) is 5.92 Å². The second kappa shape index (κ2) is 7.81. The van der Waals surface area contributed by atoms with Crippen molar-refractivity contribution in [2.24, 2.45) is 11.8 Å². The molecule has 0 aromatic carbocycles. The lowest BCUT2D eigenvalue weighted by atomic mass is 10.1. The number of carbonyl (C=O) groups excluding carboxylic acids is 1. The predicted octanol–water partition coefficient (Wildman–Crippen LogP) is 1.03. The van der Waals surface area contributed by atoms with Gasteiger partial charge in [0.05, 0.1) is 5.56 Å². The van der Waals surface area contributed by atoms with E-state index in [4.69, 9.17) is 5.84 Å². The summed E-state index contributed by atoms with van der Waals surface area (Å²) < 4.78 is 0. The van der Waals surface area contributed by atoms with Gasteiger partial charge in [-0.1, -0.05) is 13.8 Å². The van der Waals surface area contributed by atoms with Gasteiger partial charge < -0.3 is 15.2 Å². The number of hydrogen-bond acceptors (Lipinski definition) is 5. The molecule has 0 saturated heterocycles. The van der Waals surface area contributed by atoms with Crippen LogP contribution >= 0.6 is 0 Å². The maximum Gasteiger partial charge on any atom is 0.255 e. The highest BCUT2D eigenvalue weighted by atomic mass is 16.2. The number of pyridine rings is 1. The third-order valence-corrected chi connectivity index (χ3v) is 2.85. The lowest BCUT2D eigenvalue weighted by molar-refractivity contribution is 0.0724. The van der Waals surface area contributed by atoms with Gasteiger partial charge in [0, 0.05) is 25.8 Å². The molecule has 6 heteroatoms. The molecule has 1 heterocycles. The van der Waals surface area contributed by atoms with E-state index in [0.29, 0.717) is 23.8 Å². The van der Waals surface area contributed by atoms with Gasteiger partial charge in [0.25, 0.3) is 5.91 Å². The first-order valence-corrected chi connectivity index (χ1v) is 6.80. The van der Waals surface area contributed by atoms with E-state index in [0.717, 1.165) is 13.1 Å². The van der Waals surface area contributed by atoms with Crippen molar-refractivity contribution in [1.29, 1.82) is 0 Å². The lowest BCUT2D eigenvalue weighted by Gasteiger charge is -2.26. The summed E-state index contributed by atoms with van der Waals surface area (Å²) in [4.78, 5) is 20.5. The first kappa shape index (κ1) is 16.4. The van der Waals surface area contributed by atoms with Gasteiger partial charge in [0.2, 0.25) is 0 Å². The van der Waals surface area contributed by atoms with Crippen LogP contribution in [0.3, 0.4) is 0 Å². The van der Waals surface area contributed by atoms with E-state index in [-0.39, 0.29) is 5.91 Å². The quantitative estimate of drug-likeness (QED) is 0.576. The molecule has 1 aromatic rings.